The van der Waals surface area contributed by atoms with Gasteiger partial charge in [-0.25, -0.2) is 14.9 Å². The normalized spacial score (nSPS) is 26.9. The number of amides is 2. The van der Waals surface area contributed by atoms with Gasteiger partial charge in [0.05, 0.1) is 34.8 Å². The summed E-state index contributed by atoms with van der Waals surface area (Å²) in [5, 5.41) is 4.79. The largest absolute Gasteiger partial charge is 0.497 e. The third-order valence-electron chi connectivity index (χ3n) is 6.02. The summed E-state index contributed by atoms with van der Waals surface area (Å²) in [6, 6.07) is 11.9. The summed E-state index contributed by atoms with van der Waals surface area (Å²) in [7, 11) is 1.62. The molecule has 8 heteroatoms. The van der Waals surface area contributed by atoms with E-state index in [0.29, 0.717) is 10.0 Å². The number of para-hydroxylation sites is 1. The predicted octanol–water partition coefficient (Wildman–Crippen LogP) is 3.54. The van der Waals surface area contributed by atoms with E-state index in [0.717, 1.165) is 30.8 Å². The molecule has 6 nitrogen and oxygen atoms in total. The highest BCUT2D eigenvalue weighted by Crippen LogP contribution is 2.50. The van der Waals surface area contributed by atoms with Gasteiger partial charge >= 0.3 is 0 Å². The van der Waals surface area contributed by atoms with Crippen molar-refractivity contribution in [1.29, 1.82) is 0 Å². The van der Waals surface area contributed by atoms with Crippen LogP contribution in [0.3, 0.4) is 0 Å². The van der Waals surface area contributed by atoms with Crippen LogP contribution < -0.4 is 9.64 Å². The van der Waals surface area contributed by atoms with Crippen LogP contribution in [0.4, 0.5) is 5.69 Å². The van der Waals surface area contributed by atoms with Crippen molar-refractivity contribution < 1.29 is 14.3 Å². The quantitative estimate of drug-likeness (QED) is 0.695. The number of anilines is 1. The van der Waals surface area contributed by atoms with Crippen molar-refractivity contribution >= 4 is 40.7 Å². The summed E-state index contributed by atoms with van der Waals surface area (Å²) in [5.41, 5.74) is 1.26. The number of benzene rings is 2. The Kier molecular flexibility index (Phi) is 4.55. The van der Waals surface area contributed by atoms with Crippen LogP contribution in [-0.2, 0) is 9.59 Å². The van der Waals surface area contributed by atoms with Gasteiger partial charge in [-0.15, -0.1) is 0 Å². The Morgan fingerprint density at radius 2 is 1.52 bits per heavy atom. The number of hydrogen-bond donors (Lipinski definition) is 0. The van der Waals surface area contributed by atoms with Crippen LogP contribution in [0.1, 0.15) is 18.0 Å². The monoisotopic (exact) mass is 431 g/mol. The van der Waals surface area contributed by atoms with E-state index in [-0.39, 0.29) is 23.5 Å². The Morgan fingerprint density at radius 3 is 2.14 bits per heavy atom. The first kappa shape index (κ1) is 18.9. The molecule has 29 heavy (non-hydrogen) atoms. The molecule has 3 atom stereocenters. The minimum atomic E-state index is -0.538. The first-order valence-electron chi connectivity index (χ1n) is 9.52. The average Bonchev–Trinajstić information content (AvgIpc) is 3.36. The van der Waals surface area contributed by atoms with E-state index in [1.165, 1.54) is 4.90 Å². The summed E-state index contributed by atoms with van der Waals surface area (Å²) in [6.07, 6.45) is 0.949. The van der Waals surface area contributed by atoms with E-state index < -0.39 is 12.0 Å². The third kappa shape index (κ3) is 2.70. The molecular formula is C21H19Cl2N3O3. The van der Waals surface area contributed by atoms with Crippen LogP contribution in [-0.4, -0.2) is 48.1 Å². The molecule has 0 spiro atoms. The molecule has 0 saturated carbocycles. The molecule has 0 N–H and O–H groups in total. The fourth-order valence-electron chi connectivity index (χ4n) is 4.84. The second-order valence-corrected chi connectivity index (χ2v) is 8.26. The molecule has 5 rings (SSSR count). The number of fused-ring (bicyclic) bond motifs is 3. The van der Waals surface area contributed by atoms with Crippen LogP contribution in [0.25, 0.3) is 0 Å². The topological polar surface area (TPSA) is 53.1 Å². The number of hydrogen-bond acceptors (Lipinski definition) is 5. The van der Waals surface area contributed by atoms with Gasteiger partial charge in [-0.3, -0.25) is 9.59 Å². The molecule has 0 radical (unpaired) electrons. The van der Waals surface area contributed by atoms with Crippen molar-refractivity contribution in [2.75, 3.05) is 25.1 Å². The Hall–Kier alpha value is -2.12. The van der Waals surface area contributed by atoms with Crippen LogP contribution in [0.5, 0.6) is 5.75 Å². The maximum atomic E-state index is 13.6. The zero-order chi connectivity index (χ0) is 20.3. The zero-order valence-electron chi connectivity index (χ0n) is 15.7. The number of methoxy groups -OCH3 is 1. The van der Waals surface area contributed by atoms with E-state index in [4.69, 9.17) is 27.9 Å². The Morgan fingerprint density at radius 1 is 0.897 bits per heavy atom. The first-order valence-corrected chi connectivity index (χ1v) is 10.3. The minimum Gasteiger partial charge on any atom is -0.497 e. The number of halogens is 2. The highest BCUT2D eigenvalue weighted by Gasteiger charge is 2.63. The molecule has 2 aromatic carbocycles. The van der Waals surface area contributed by atoms with Crippen molar-refractivity contribution in [3.63, 3.8) is 0 Å². The Bertz CT molecular complexity index is 977. The molecule has 0 unspecified atom stereocenters. The number of rotatable bonds is 3. The number of carbonyl (C=O) groups excluding carboxylic acids is 2. The lowest BCUT2D eigenvalue weighted by Crippen LogP contribution is -2.44. The molecule has 0 bridgehead atoms. The fraction of sp³-hybridized carbons (Fsp3) is 0.333. The summed E-state index contributed by atoms with van der Waals surface area (Å²) < 4.78 is 5.26. The standard InChI is InChI=1S/C21H19Cl2N3O3/c1-29-13-8-6-12(7-9-13)17-16-19(25-11-3-10-24(17)25)21(28)26(20(16)27)18-14(22)4-2-5-15(18)23/h2,4-9,16-17,19H,3,10-11H2,1H3/t16-,17-,19-/m1/s1. The average molecular weight is 432 g/mol. The zero-order valence-corrected chi connectivity index (χ0v) is 17.2. The smallest absolute Gasteiger partial charge is 0.253 e. The Labute approximate surface area is 178 Å². The number of nitrogens with zero attached hydrogens (tertiary/aromatic N) is 3. The van der Waals surface area contributed by atoms with Crippen molar-refractivity contribution in [2.45, 2.75) is 18.5 Å². The van der Waals surface area contributed by atoms with Gasteiger partial charge in [-0.05, 0) is 36.2 Å². The van der Waals surface area contributed by atoms with Gasteiger partial charge in [0.2, 0.25) is 5.91 Å². The van der Waals surface area contributed by atoms with Gasteiger partial charge in [-0.1, -0.05) is 41.4 Å². The van der Waals surface area contributed by atoms with Crippen LogP contribution in [0.15, 0.2) is 42.5 Å². The molecule has 2 amide bonds. The van der Waals surface area contributed by atoms with Crippen LogP contribution in [0.2, 0.25) is 10.0 Å². The maximum absolute atomic E-state index is 13.6. The number of imide groups is 1. The molecule has 0 aromatic heterocycles. The second-order valence-electron chi connectivity index (χ2n) is 7.45. The number of hydrazine groups is 1. The Balaban J connectivity index is 1.59. The van der Waals surface area contributed by atoms with E-state index in [1.54, 1.807) is 25.3 Å². The van der Waals surface area contributed by atoms with Crippen molar-refractivity contribution in [2.24, 2.45) is 5.92 Å². The lowest BCUT2D eigenvalue weighted by atomic mass is 9.90. The van der Waals surface area contributed by atoms with E-state index >= 15 is 0 Å². The van der Waals surface area contributed by atoms with Gasteiger partial charge < -0.3 is 4.74 Å². The van der Waals surface area contributed by atoms with Gasteiger partial charge in [-0.2, -0.15) is 0 Å². The molecule has 0 aliphatic carbocycles. The first-order chi connectivity index (χ1) is 14.0. The highest BCUT2D eigenvalue weighted by atomic mass is 35.5. The van der Waals surface area contributed by atoms with Crippen LogP contribution >= 0.6 is 23.2 Å². The lowest BCUT2D eigenvalue weighted by molar-refractivity contribution is -0.126. The SMILES string of the molecule is COc1ccc([C@@H]2[C@H]3C(=O)N(c4c(Cl)cccc4Cl)C(=O)[C@@H]3N3CCCN23)cc1. The molecule has 150 valence electrons. The van der Waals surface area contributed by atoms with Crippen molar-refractivity contribution in [3.05, 3.63) is 58.1 Å². The fourth-order valence-corrected chi connectivity index (χ4v) is 5.40. The minimum absolute atomic E-state index is 0.212. The van der Waals surface area contributed by atoms with Crippen molar-refractivity contribution in [3.8, 4) is 5.75 Å². The maximum Gasteiger partial charge on any atom is 0.253 e. The van der Waals surface area contributed by atoms with Gasteiger partial charge in [0.15, 0.2) is 0 Å². The second kappa shape index (κ2) is 6.99. The summed E-state index contributed by atoms with van der Waals surface area (Å²) in [6.45, 7) is 1.56. The van der Waals surface area contributed by atoms with E-state index in [9.17, 15) is 9.59 Å². The summed E-state index contributed by atoms with van der Waals surface area (Å²) in [4.78, 5) is 28.2. The third-order valence-corrected chi connectivity index (χ3v) is 6.63. The highest BCUT2D eigenvalue weighted by molar-refractivity contribution is 6.42. The van der Waals surface area contributed by atoms with Crippen LogP contribution in [0, 0.1) is 5.92 Å². The molecular weight excluding hydrogens is 413 g/mol. The van der Waals surface area contributed by atoms with Gasteiger partial charge in [0.25, 0.3) is 5.91 Å². The molecule has 3 fully saturated rings. The predicted molar refractivity (Wildman–Crippen MR) is 110 cm³/mol. The van der Waals surface area contributed by atoms with Crippen molar-refractivity contribution in [1.82, 2.24) is 10.0 Å². The summed E-state index contributed by atoms with van der Waals surface area (Å²) in [5.74, 6) is -0.286. The van der Waals surface area contributed by atoms with Gasteiger partial charge in [0.1, 0.15) is 11.8 Å². The van der Waals surface area contributed by atoms with E-state index in [2.05, 4.69) is 5.01 Å². The molecule has 3 aliphatic heterocycles. The number of carbonyl (C=O) groups is 2. The molecule has 3 saturated heterocycles. The molecule has 3 aliphatic rings. The number of ether oxygens (including phenoxy) is 1. The lowest BCUT2D eigenvalue weighted by Gasteiger charge is -2.30. The van der Waals surface area contributed by atoms with Gasteiger partial charge in [0, 0.05) is 13.1 Å². The van der Waals surface area contributed by atoms with E-state index in [1.807, 2.05) is 29.3 Å². The summed E-state index contributed by atoms with van der Waals surface area (Å²) >= 11 is 12.7. The molecule has 2 aromatic rings. The molecule has 3 heterocycles.